The van der Waals surface area contributed by atoms with Gasteiger partial charge in [-0.3, -0.25) is 19.9 Å². The van der Waals surface area contributed by atoms with E-state index in [1.807, 2.05) is 35.2 Å². The van der Waals surface area contributed by atoms with Crippen LogP contribution in [-0.4, -0.2) is 59.4 Å². The highest BCUT2D eigenvalue weighted by molar-refractivity contribution is 6.07. The molecule has 2 N–H and O–H groups in total. The van der Waals surface area contributed by atoms with Crippen molar-refractivity contribution in [3.63, 3.8) is 0 Å². The molecule has 2 saturated carbocycles. The molecule has 4 fully saturated rings. The number of ether oxygens (including phenoxy) is 1. The molecule has 2 heterocycles. The van der Waals surface area contributed by atoms with Crippen LogP contribution in [0.2, 0.25) is 0 Å². The Balaban J connectivity index is 1.15. The van der Waals surface area contributed by atoms with Gasteiger partial charge < -0.3 is 15.0 Å². The summed E-state index contributed by atoms with van der Waals surface area (Å²) in [4.78, 5) is 30.3. The monoisotopic (exact) mass is 522 g/mol. The lowest BCUT2D eigenvalue weighted by Gasteiger charge is -2.36. The molecule has 1 atom stereocenters. The molecule has 2 aliphatic carbocycles. The predicted molar refractivity (Wildman–Crippen MR) is 149 cm³/mol. The Bertz CT molecular complexity index is 935. The van der Waals surface area contributed by atoms with Crippen LogP contribution in [0.25, 0.3) is 0 Å². The number of nitrogens with one attached hydrogen (secondary N) is 2. The summed E-state index contributed by atoms with van der Waals surface area (Å²) in [5, 5.41) is 12.2. The zero-order valence-electron chi connectivity index (χ0n) is 23.0. The van der Waals surface area contributed by atoms with Crippen molar-refractivity contribution in [2.45, 2.75) is 95.4 Å². The molecule has 1 aromatic rings. The van der Waals surface area contributed by atoms with Crippen molar-refractivity contribution in [3.8, 4) is 5.75 Å². The molecule has 38 heavy (non-hydrogen) atoms. The highest BCUT2D eigenvalue weighted by Gasteiger charge is 2.51. The van der Waals surface area contributed by atoms with Crippen LogP contribution in [0.15, 0.2) is 30.3 Å². The van der Waals surface area contributed by atoms with Gasteiger partial charge in [0.25, 0.3) is 11.8 Å². The molecule has 2 amide bonds. The third-order valence-corrected chi connectivity index (χ3v) is 9.51. The highest BCUT2D eigenvalue weighted by Crippen LogP contribution is 2.40. The zero-order valence-corrected chi connectivity index (χ0v) is 23.0. The average molecular weight is 523 g/mol. The summed E-state index contributed by atoms with van der Waals surface area (Å²) in [6.45, 7) is 2.06. The third kappa shape index (κ3) is 6.52. The summed E-state index contributed by atoms with van der Waals surface area (Å²) < 4.78 is 5.65. The molecule has 0 bridgehead atoms. The molecule has 208 valence electrons. The van der Waals surface area contributed by atoms with Crippen LogP contribution < -0.4 is 10.1 Å². The Morgan fingerprint density at radius 3 is 2.18 bits per heavy atom. The number of nitrogens with zero attached hydrogens (tertiary/aromatic N) is 2. The molecule has 4 aliphatic rings. The molecule has 2 saturated heterocycles. The van der Waals surface area contributed by atoms with Crippen molar-refractivity contribution in [2.75, 3.05) is 26.2 Å². The van der Waals surface area contributed by atoms with E-state index in [9.17, 15) is 9.59 Å². The number of hydrogen-bond donors (Lipinski definition) is 2. The number of carbonyl (C=O) groups excluding carboxylic acids is 2. The number of para-hydroxylation sites is 1. The quantitative estimate of drug-likeness (QED) is 0.434. The van der Waals surface area contributed by atoms with E-state index >= 15 is 0 Å². The minimum Gasteiger partial charge on any atom is -0.484 e. The Labute approximate surface area is 228 Å². The summed E-state index contributed by atoms with van der Waals surface area (Å²) in [7, 11) is 0. The lowest BCUT2D eigenvalue weighted by molar-refractivity contribution is -0.133. The van der Waals surface area contributed by atoms with E-state index in [1.54, 1.807) is 4.90 Å². The van der Waals surface area contributed by atoms with Gasteiger partial charge in [0.05, 0.1) is 0 Å². The van der Waals surface area contributed by atoms with Crippen molar-refractivity contribution in [3.05, 3.63) is 30.3 Å². The van der Waals surface area contributed by atoms with Gasteiger partial charge in [-0.15, -0.1) is 0 Å². The summed E-state index contributed by atoms with van der Waals surface area (Å²) >= 11 is 0. The van der Waals surface area contributed by atoms with E-state index in [0.29, 0.717) is 42.6 Å². The Morgan fingerprint density at radius 1 is 0.921 bits per heavy atom. The van der Waals surface area contributed by atoms with Crippen LogP contribution in [0, 0.1) is 23.2 Å². The SMILES string of the molecule is N=C1NC(CC2CCCCC2)(CC2CCCCC2)C(=O)N1CCC1CCN(C(=O)COc2ccccc2)C1. The highest BCUT2D eigenvalue weighted by atomic mass is 16.5. The van der Waals surface area contributed by atoms with E-state index in [4.69, 9.17) is 10.1 Å². The second-order valence-electron chi connectivity index (χ2n) is 12.3. The van der Waals surface area contributed by atoms with E-state index < -0.39 is 5.54 Å². The van der Waals surface area contributed by atoms with Gasteiger partial charge in [0.1, 0.15) is 11.3 Å². The molecule has 5 rings (SSSR count). The fourth-order valence-corrected chi connectivity index (χ4v) is 7.41. The maximum Gasteiger partial charge on any atom is 0.260 e. The van der Waals surface area contributed by atoms with Gasteiger partial charge in [-0.1, -0.05) is 82.4 Å². The standard InChI is InChI=1S/C31H46N4O3/c32-30-33-31(20-24-10-4-1-5-11-24,21-25-12-6-2-7-13-25)29(37)35(30)19-17-26-16-18-34(22-26)28(36)23-38-27-14-8-3-9-15-27/h3,8-9,14-15,24-26H,1-2,4-7,10-13,16-23H2,(H2,32,33). The van der Waals surface area contributed by atoms with Crippen LogP contribution in [-0.2, 0) is 9.59 Å². The molecule has 1 unspecified atom stereocenters. The maximum atomic E-state index is 14.0. The van der Waals surface area contributed by atoms with Crippen molar-refractivity contribution in [2.24, 2.45) is 17.8 Å². The molecule has 1 aromatic carbocycles. The summed E-state index contributed by atoms with van der Waals surface area (Å²) in [6, 6.07) is 9.45. The fraction of sp³-hybridized carbons (Fsp3) is 0.710. The van der Waals surface area contributed by atoms with E-state index in [-0.39, 0.29) is 18.4 Å². The Kier molecular flexibility index (Phi) is 8.90. The summed E-state index contributed by atoms with van der Waals surface area (Å²) in [5.74, 6) is 2.68. The lowest BCUT2D eigenvalue weighted by Crippen LogP contribution is -2.50. The second-order valence-corrected chi connectivity index (χ2v) is 12.3. The molecule has 0 aromatic heterocycles. The van der Waals surface area contributed by atoms with Crippen LogP contribution >= 0.6 is 0 Å². The Morgan fingerprint density at radius 2 is 1.55 bits per heavy atom. The molecule has 7 nitrogen and oxygen atoms in total. The maximum absolute atomic E-state index is 14.0. The first-order valence-corrected chi connectivity index (χ1v) is 15.2. The van der Waals surface area contributed by atoms with Gasteiger partial charge in [0.15, 0.2) is 12.6 Å². The van der Waals surface area contributed by atoms with Gasteiger partial charge in [-0.05, 0) is 55.6 Å². The third-order valence-electron chi connectivity index (χ3n) is 9.51. The van der Waals surface area contributed by atoms with Crippen LogP contribution in [0.1, 0.15) is 89.9 Å². The minimum atomic E-state index is -0.590. The van der Waals surface area contributed by atoms with Crippen LogP contribution in [0.4, 0.5) is 0 Å². The molecule has 7 heteroatoms. The van der Waals surface area contributed by atoms with Crippen molar-refractivity contribution in [1.82, 2.24) is 15.1 Å². The second kappa shape index (κ2) is 12.5. The molecular formula is C31H46N4O3. The smallest absolute Gasteiger partial charge is 0.260 e. The lowest BCUT2D eigenvalue weighted by atomic mass is 9.73. The molecule has 0 radical (unpaired) electrons. The van der Waals surface area contributed by atoms with Crippen molar-refractivity contribution >= 4 is 17.8 Å². The average Bonchev–Trinajstić information content (AvgIpc) is 3.50. The van der Waals surface area contributed by atoms with E-state index in [2.05, 4.69) is 5.32 Å². The van der Waals surface area contributed by atoms with Gasteiger partial charge in [-0.2, -0.15) is 0 Å². The topological polar surface area (TPSA) is 85.7 Å². The van der Waals surface area contributed by atoms with E-state index in [0.717, 1.165) is 32.2 Å². The van der Waals surface area contributed by atoms with Crippen molar-refractivity contribution in [1.29, 1.82) is 5.41 Å². The molecular weight excluding hydrogens is 476 g/mol. The molecule has 2 aliphatic heterocycles. The van der Waals surface area contributed by atoms with E-state index in [1.165, 1.54) is 64.2 Å². The fourth-order valence-electron chi connectivity index (χ4n) is 7.41. The van der Waals surface area contributed by atoms with Crippen molar-refractivity contribution < 1.29 is 14.3 Å². The van der Waals surface area contributed by atoms with Crippen LogP contribution in [0.3, 0.4) is 0 Å². The summed E-state index contributed by atoms with van der Waals surface area (Å²) in [5.41, 5.74) is -0.590. The number of carbonyl (C=O) groups is 2. The number of guanidine groups is 1. The normalized spacial score (nSPS) is 24.6. The number of rotatable bonds is 10. The number of amides is 2. The number of benzene rings is 1. The van der Waals surface area contributed by atoms with Gasteiger partial charge in [0.2, 0.25) is 0 Å². The van der Waals surface area contributed by atoms with Crippen LogP contribution in [0.5, 0.6) is 5.75 Å². The predicted octanol–water partition coefficient (Wildman–Crippen LogP) is 5.35. The Hall–Kier alpha value is -2.57. The minimum absolute atomic E-state index is 0.0157. The first-order valence-electron chi connectivity index (χ1n) is 15.2. The number of hydrogen-bond acceptors (Lipinski definition) is 4. The summed E-state index contributed by atoms with van der Waals surface area (Å²) in [6.07, 6.45) is 16.1. The van der Waals surface area contributed by atoms with Gasteiger partial charge in [-0.25, -0.2) is 0 Å². The van der Waals surface area contributed by atoms with Gasteiger partial charge in [0, 0.05) is 19.6 Å². The first-order chi connectivity index (χ1) is 18.5. The first kappa shape index (κ1) is 27.0. The molecule has 0 spiro atoms. The number of likely N-dealkylation sites (tertiary alicyclic amines) is 1. The largest absolute Gasteiger partial charge is 0.484 e. The van der Waals surface area contributed by atoms with Gasteiger partial charge >= 0.3 is 0 Å². The zero-order chi connectivity index (χ0) is 26.4.